The molecule has 0 radical (unpaired) electrons. The summed E-state index contributed by atoms with van der Waals surface area (Å²) < 4.78 is 0. The summed E-state index contributed by atoms with van der Waals surface area (Å²) >= 11 is 1.80. The molecule has 2 heteroatoms. The molecule has 0 aliphatic heterocycles. The van der Waals surface area contributed by atoms with Crippen LogP contribution in [0.4, 0.5) is 0 Å². The summed E-state index contributed by atoms with van der Waals surface area (Å²) in [6.45, 7) is 5.75. The average molecular weight is 237 g/mol. The summed E-state index contributed by atoms with van der Waals surface area (Å²) in [5, 5.41) is 8.23. The second kappa shape index (κ2) is 5.83. The number of hydrogen-bond donors (Lipinski definition) is 1. The number of thiophene rings is 1. The Morgan fingerprint density at radius 2 is 2.31 bits per heavy atom. The molecule has 1 fully saturated rings. The lowest BCUT2D eigenvalue weighted by atomic mass is 10.0. The predicted molar refractivity (Wildman–Crippen MR) is 72.2 cm³/mol. The van der Waals surface area contributed by atoms with Gasteiger partial charge in [-0.1, -0.05) is 20.3 Å². The van der Waals surface area contributed by atoms with Crippen molar-refractivity contribution in [2.45, 2.75) is 51.5 Å². The van der Waals surface area contributed by atoms with Crippen molar-refractivity contribution >= 4 is 11.3 Å². The van der Waals surface area contributed by atoms with Crippen LogP contribution >= 0.6 is 11.3 Å². The summed E-state index contributed by atoms with van der Waals surface area (Å²) in [6.07, 6.45) is 5.55. The first-order valence-corrected chi connectivity index (χ1v) is 7.51. The van der Waals surface area contributed by atoms with Gasteiger partial charge in [0, 0.05) is 12.6 Å². The van der Waals surface area contributed by atoms with Gasteiger partial charge in [0.1, 0.15) is 0 Å². The van der Waals surface area contributed by atoms with Gasteiger partial charge in [-0.25, -0.2) is 0 Å². The standard InChI is InChI=1S/C14H23NS/c1-3-4-14(12-5-6-12)15-9-11(2)13-7-8-16-10-13/h7-8,10-12,14-15H,3-6,9H2,1-2H3. The molecule has 1 heterocycles. The molecular formula is C14H23NS. The molecule has 0 saturated heterocycles. The molecule has 0 amide bonds. The minimum atomic E-state index is 0.657. The fraction of sp³-hybridized carbons (Fsp3) is 0.714. The Kier molecular flexibility index (Phi) is 4.42. The quantitative estimate of drug-likeness (QED) is 0.755. The first-order valence-electron chi connectivity index (χ1n) is 6.56. The van der Waals surface area contributed by atoms with E-state index >= 15 is 0 Å². The van der Waals surface area contributed by atoms with Crippen LogP contribution in [0.1, 0.15) is 51.0 Å². The van der Waals surface area contributed by atoms with Gasteiger partial charge in [0.05, 0.1) is 0 Å². The summed E-state index contributed by atoms with van der Waals surface area (Å²) in [5.41, 5.74) is 1.49. The molecule has 0 aromatic carbocycles. The Morgan fingerprint density at radius 3 is 2.88 bits per heavy atom. The molecule has 1 saturated carbocycles. The van der Waals surface area contributed by atoms with Crippen molar-refractivity contribution in [2.24, 2.45) is 5.92 Å². The van der Waals surface area contributed by atoms with Crippen molar-refractivity contribution in [3.63, 3.8) is 0 Å². The van der Waals surface area contributed by atoms with E-state index in [9.17, 15) is 0 Å². The monoisotopic (exact) mass is 237 g/mol. The van der Waals surface area contributed by atoms with Crippen LogP contribution in [-0.4, -0.2) is 12.6 Å². The maximum Gasteiger partial charge on any atom is 0.00954 e. The second-order valence-corrected chi connectivity index (χ2v) is 5.88. The van der Waals surface area contributed by atoms with Crippen LogP contribution in [0.15, 0.2) is 16.8 Å². The van der Waals surface area contributed by atoms with Crippen molar-refractivity contribution in [3.05, 3.63) is 22.4 Å². The van der Waals surface area contributed by atoms with Gasteiger partial charge >= 0.3 is 0 Å². The summed E-state index contributed by atoms with van der Waals surface area (Å²) in [7, 11) is 0. The topological polar surface area (TPSA) is 12.0 Å². The normalized spacial score (nSPS) is 19.6. The Balaban J connectivity index is 1.76. The summed E-state index contributed by atoms with van der Waals surface area (Å²) in [4.78, 5) is 0. The third kappa shape index (κ3) is 3.33. The Hall–Kier alpha value is -0.340. The lowest BCUT2D eigenvalue weighted by Crippen LogP contribution is -2.33. The van der Waals surface area contributed by atoms with Gasteiger partial charge in [-0.3, -0.25) is 0 Å². The van der Waals surface area contributed by atoms with Crippen molar-refractivity contribution in [3.8, 4) is 0 Å². The largest absolute Gasteiger partial charge is 0.313 e. The highest BCUT2D eigenvalue weighted by Crippen LogP contribution is 2.34. The lowest BCUT2D eigenvalue weighted by Gasteiger charge is -2.20. The number of hydrogen-bond acceptors (Lipinski definition) is 2. The molecule has 1 aliphatic carbocycles. The van der Waals surface area contributed by atoms with Crippen molar-refractivity contribution in [2.75, 3.05) is 6.54 Å². The van der Waals surface area contributed by atoms with Gasteiger partial charge < -0.3 is 5.32 Å². The predicted octanol–water partition coefficient (Wildman–Crippen LogP) is 4.02. The lowest BCUT2D eigenvalue weighted by molar-refractivity contribution is 0.420. The van der Waals surface area contributed by atoms with Gasteiger partial charge in [-0.15, -0.1) is 0 Å². The van der Waals surface area contributed by atoms with E-state index in [1.54, 1.807) is 11.3 Å². The Labute approximate surface area is 103 Å². The van der Waals surface area contributed by atoms with E-state index < -0.39 is 0 Å². The molecule has 1 N–H and O–H groups in total. The van der Waals surface area contributed by atoms with E-state index in [0.29, 0.717) is 5.92 Å². The van der Waals surface area contributed by atoms with Gasteiger partial charge in [0.2, 0.25) is 0 Å². The smallest absolute Gasteiger partial charge is 0.00954 e. The molecule has 2 rings (SSSR count). The fourth-order valence-corrected chi connectivity index (χ4v) is 3.10. The third-order valence-electron chi connectivity index (χ3n) is 3.59. The first kappa shape index (κ1) is 12.1. The second-order valence-electron chi connectivity index (χ2n) is 5.10. The van der Waals surface area contributed by atoms with Gasteiger partial charge in [0.15, 0.2) is 0 Å². The zero-order valence-electron chi connectivity index (χ0n) is 10.4. The molecule has 0 spiro atoms. The molecule has 1 aromatic rings. The van der Waals surface area contributed by atoms with E-state index in [2.05, 4.69) is 36.0 Å². The van der Waals surface area contributed by atoms with E-state index in [1.165, 1.54) is 31.2 Å². The van der Waals surface area contributed by atoms with Gasteiger partial charge in [-0.05, 0) is 53.5 Å². The minimum absolute atomic E-state index is 0.657. The SMILES string of the molecule is CCCC(NCC(C)c1ccsc1)C1CC1. The average Bonchev–Trinajstić information content (AvgIpc) is 2.98. The van der Waals surface area contributed by atoms with Crippen LogP contribution in [0, 0.1) is 5.92 Å². The molecule has 0 bridgehead atoms. The van der Waals surface area contributed by atoms with E-state index in [0.717, 1.165) is 18.5 Å². The fourth-order valence-electron chi connectivity index (χ4n) is 2.32. The minimum Gasteiger partial charge on any atom is -0.313 e. The van der Waals surface area contributed by atoms with E-state index in [4.69, 9.17) is 0 Å². The van der Waals surface area contributed by atoms with Crippen LogP contribution in [0.2, 0.25) is 0 Å². The van der Waals surface area contributed by atoms with Crippen molar-refractivity contribution in [1.82, 2.24) is 5.32 Å². The first-order chi connectivity index (χ1) is 7.81. The van der Waals surface area contributed by atoms with E-state index in [1.807, 2.05) is 0 Å². The van der Waals surface area contributed by atoms with E-state index in [-0.39, 0.29) is 0 Å². The van der Waals surface area contributed by atoms with Crippen LogP contribution in [0.25, 0.3) is 0 Å². The molecule has 1 aromatic heterocycles. The van der Waals surface area contributed by atoms with Crippen LogP contribution in [-0.2, 0) is 0 Å². The van der Waals surface area contributed by atoms with Crippen molar-refractivity contribution < 1.29 is 0 Å². The molecule has 16 heavy (non-hydrogen) atoms. The Morgan fingerprint density at radius 1 is 1.50 bits per heavy atom. The summed E-state index contributed by atoms with van der Waals surface area (Å²) in [5.74, 6) is 1.64. The highest BCUT2D eigenvalue weighted by molar-refractivity contribution is 7.07. The number of nitrogens with one attached hydrogen (secondary N) is 1. The van der Waals surface area contributed by atoms with Crippen LogP contribution in [0.5, 0.6) is 0 Å². The van der Waals surface area contributed by atoms with Gasteiger partial charge in [-0.2, -0.15) is 11.3 Å². The Bertz CT molecular complexity index is 290. The zero-order valence-corrected chi connectivity index (χ0v) is 11.2. The number of rotatable bonds is 7. The molecular weight excluding hydrogens is 214 g/mol. The zero-order chi connectivity index (χ0) is 11.4. The maximum atomic E-state index is 3.78. The molecule has 1 aliphatic rings. The molecule has 2 unspecified atom stereocenters. The van der Waals surface area contributed by atoms with Gasteiger partial charge in [0.25, 0.3) is 0 Å². The molecule has 90 valence electrons. The highest BCUT2D eigenvalue weighted by Gasteiger charge is 2.30. The molecule has 2 atom stereocenters. The third-order valence-corrected chi connectivity index (χ3v) is 4.29. The highest BCUT2D eigenvalue weighted by atomic mass is 32.1. The van der Waals surface area contributed by atoms with Crippen LogP contribution in [0.3, 0.4) is 0 Å². The summed E-state index contributed by atoms with van der Waals surface area (Å²) in [6, 6.07) is 3.04. The molecule has 1 nitrogen and oxygen atoms in total. The van der Waals surface area contributed by atoms with Crippen LogP contribution < -0.4 is 5.32 Å². The maximum absolute atomic E-state index is 3.78. The van der Waals surface area contributed by atoms with Crippen molar-refractivity contribution in [1.29, 1.82) is 0 Å².